The Balaban J connectivity index is 2.76. The summed E-state index contributed by atoms with van der Waals surface area (Å²) in [7, 11) is 0. The monoisotopic (exact) mass is 292 g/mol. The maximum atomic E-state index is 12.2. The Morgan fingerprint density at radius 1 is 1.19 bits per heavy atom. The van der Waals surface area contributed by atoms with Gasteiger partial charge in [0.2, 0.25) is 0 Å². The Bertz CT molecular complexity index is 405. The van der Waals surface area contributed by atoms with E-state index in [0.29, 0.717) is 6.61 Å². The molecule has 118 valence electrons. The van der Waals surface area contributed by atoms with Crippen LogP contribution in [0.2, 0.25) is 0 Å². The van der Waals surface area contributed by atoms with Gasteiger partial charge in [-0.1, -0.05) is 44.2 Å². The molecule has 0 aliphatic heterocycles. The molecule has 0 amide bonds. The highest BCUT2D eigenvalue weighted by atomic mass is 16.5. The van der Waals surface area contributed by atoms with Gasteiger partial charge in [0.25, 0.3) is 0 Å². The number of ether oxygens (including phenoxy) is 1. The summed E-state index contributed by atoms with van der Waals surface area (Å²) in [4.78, 5) is 14.5. The minimum absolute atomic E-state index is 0.208. The van der Waals surface area contributed by atoms with Gasteiger partial charge in [-0.3, -0.25) is 5.32 Å². The van der Waals surface area contributed by atoms with Crippen molar-refractivity contribution in [1.29, 1.82) is 0 Å². The summed E-state index contributed by atoms with van der Waals surface area (Å²) in [6.45, 7) is 11.6. The molecule has 0 saturated carbocycles. The number of likely N-dealkylation sites (N-methyl/N-ethyl adjacent to an activating group) is 1. The topological polar surface area (TPSA) is 41.6 Å². The predicted molar refractivity (Wildman–Crippen MR) is 86.2 cm³/mol. The lowest BCUT2D eigenvalue weighted by Crippen LogP contribution is -2.43. The Kier molecular flexibility index (Phi) is 8.01. The number of rotatable bonds is 9. The summed E-state index contributed by atoms with van der Waals surface area (Å²) in [6, 6.07) is 9.55. The molecular weight excluding hydrogens is 264 g/mol. The average molecular weight is 292 g/mol. The van der Waals surface area contributed by atoms with E-state index in [-0.39, 0.29) is 12.0 Å². The number of carbonyl (C=O) groups is 1. The minimum Gasteiger partial charge on any atom is -0.465 e. The Morgan fingerprint density at radius 3 is 2.33 bits per heavy atom. The van der Waals surface area contributed by atoms with Crippen LogP contribution in [0.25, 0.3) is 0 Å². The van der Waals surface area contributed by atoms with Gasteiger partial charge in [-0.2, -0.15) is 0 Å². The first-order valence-corrected chi connectivity index (χ1v) is 7.82. The standard InChI is InChI=1S/C17H28N2O2/c1-5-19(6-2)13-14(4)18-16(17(20)21-7-3)15-11-9-8-10-12-15/h8-12,14,16,18H,5-7,13H2,1-4H3. The van der Waals surface area contributed by atoms with Gasteiger partial charge in [0.15, 0.2) is 0 Å². The molecule has 0 radical (unpaired) electrons. The Hall–Kier alpha value is -1.39. The van der Waals surface area contributed by atoms with E-state index >= 15 is 0 Å². The first kappa shape index (κ1) is 17.7. The third-order valence-corrected chi connectivity index (χ3v) is 3.53. The fourth-order valence-electron chi connectivity index (χ4n) is 2.38. The number of hydrogen-bond acceptors (Lipinski definition) is 4. The van der Waals surface area contributed by atoms with E-state index in [9.17, 15) is 4.79 Å². The van der Waals surface area contributed by atoms with Crippen LogP contribution in [0.3, 0.4) is 0 Å². The van der Waals surface area contributed by atoms with Crippen molar-refractivity contribution in [2.45, 2.75) is 39.8 Å². The molecule has 4 heteroatoms. The van der Waals surface area contributed by atoms with Crippen molar-refractivity contribution < 1.29 is 9.53 Å². The van der Waals surface area contributed by atoms with Crippen LogP contribution < -0.4 is 5.32 Å². The summed E-state index contributed by atoms with van der Waals surface area (Å²) < 4.78 is 5.20. The molecule has 1 aromatic carbocycles. The number of esters is 1. The zero-order valence-corrected chi connectivity index (χ0v) is 13.6. The highest BCUT2D eigenvalue weighted by molar-refractivity contribution is 5.77. The summed E-state index contributed by atoms with van der Waals surface area (Å²) in [5, 5.41) is 3.40. The second-order valence-electron chi connectivity index (χ2n) is 5.15. The van der Waals surface area contributed by atoms with E-state index in [2.05, 4.69) is 31.0 Å². The lowest BCUT2D eigenvalue weighted by molar-refractivity contribution is -0.146. The van der Waals surface area contributed by atoms with Crippen molar-refractivity contribution in [1.82, 2.24) is 10.2 Å². The van der Waals surface area contributed by atoms with Crippen LogP contribution in [0.15, 0.2) is 30.3 Å². The molecule has 0 bridgehead atoms. The van der Waals surface area contributed by atoms with Gasteiger partial charge >= 0.3 is 5.97 Å². The van der Waals surface area contributed by atoms with Gasteiger partial charge in [-0.05, 0) is 32.5 Å². The molecule has 0 aliphatic rings. The average Bonchev–Trinajstić information content (AvgIpc) is 2.51. The second kappa shape index (κ2) is 9.53. The second-order valence-corrected chi connectivity index (χ2v) is 5.15. The third kappa shape index (κ3) is 5.86. The molecule has 4 nitrogen and oxygen atoms in total. The van der Waals surface area contributed by atoms with E-state index in [0.717, 1.165) is 25.2 Å². The zero-order chi connectivity index (χ0) is 15.7. The molecule has 1 N–H and O–H groups in total. The normalized spacial score (nSPS) is 14.0. The quantitative estimate of drug-likeness (QED) is 0.710. The highest BCUT2D eigenvalue weighted by Gasteiger charge is 2.23. The molecule has 0 fully saturated rings. The van der Waals surface area contributed by atoms with E-state index in [1.54, 1.807) is 0 Å². The van der Waals surface area contributed by atoms with Crippen LogP contribution in [0.5, 0.6) is 0 Å². The number of nitrogens with one attached hydrogen (secondary N) is 1. The van der Waals surface area contributed by atoms with E-state index in [1.807, 2.05) is 37.3 Å². The maximum absolute atomic E-state index is 12.2. The van der Waals surface area contributed by atoms with Gasteiger partial charge in [0.05, 0.1) is 6.61 Å². The smallest absolute Gasteiger partial charge is 0.327 e. The minimum atomic E-state index is -0.406. The summed E-state index contributed by atoms with van der Waals surface area (Å²) in [6.07, 6.45) is 0. The van der Waals surface area contributed by atoms with E-state index < -0.39 is 6.04 Å². The van der Waals surface area contributed by atoms with Crippen LogP contribution in [-0.2, 0) is 9.53 Å². The van der Waals surface area contributed by atoms with Gasteiger partial charge < -0.3 is 9.64 Å². The summed E-state index contributed by atoms with van der Waals surface area (Å²) in [5.74, 6) is -0.213. The fraction of sp³-hybridized carbons (Fsp3) is 0.588. The molecule has 0 aromatic heterocycles. The van der Waals surface area contributed by atoms with Crippen molar-refractivity contribution >= 4 is 5.97 Å². The lowest BCUT2D eigenvalue weighted by Gasteiger charge is -2.27. The molecule has 2 atom stereocenters. The molecule has 0 heterocycles. The fourth-order valence-corrected chi connectivity index (χ4v) is 2.38. The number of benzene rings is 1. The molecule has 21 heavy (non-hydrogen) atoms. The Morgan fingerprint density at radius 2 is 1.81 bits per heavy atom. The zero-order valence-electron chi connectivity index (χ0n) is 13.6. The van der Waals surface area contributed by atoms with Crippen molar-refractivity contribution in [3.63, 3.8) is 0 Å². The van der Waals surface area contributed by atoms with Crippen molar-refractivity contribution in [2.75, 3.05) is 26.2 Å². The van der Waals surface area contributed by atoms with Gasteiger partial charge in [0.1, 0.15) is 6.04 Å². The molecule has 0 aliphatic carbocycles. The Labute approximate surface area is 128 Å². The van der Waals surface area contributed by atoms with Crippen LogP contribution in [0.1, 0.15) is 39.3 Å². The number of hydrogen-bond donors (Lipinski definition) is 1. The van der Waals surface area contributed by atoms with Crippen LogP contribution >= 0.6 is 0 Å². The molecule has 0 saturated heterocycles. The first-order valence-electron chi connectivity index (χ1n) is 7.82. The summed E-state index contributed by atoms with van der Waals surface area (Å²) in [5.41, 5.74) is 0.947. The lowest BCUT2D eigenvalue weighted by atomic mass is 10.1. The highest BCUT2D eigenvalue weighted by Crippen LogP contribution is 2.15. The van der Waals surface area contributed by atoms with Crippen LogP contribution in [0, 0.1) is 0 Å². The largest absolute Gasteiger partial charge is 0.465 e. The van der Waals surface area contributed by atoms with Crippen LogP contribution in [0.4, 0.5) is 0 Å². The van der Waals surface area contributed by atoms with Crippen molar-refractivity contribution in [3.8, 4) is 0 Å². The number of nitrogens with zero attached hydrogens (tertiary/aromatic N) is 1. The van der Waals surface area contributed by atoms with Crippen molar-refractivity contribution in [3.05, 3.63) is 35.9 Å². The van der Waals surface area contributed by atoms with Crippen molar-refractivity contribution in [2.24, 2.45) is 0 Å². The van der Waals surface area contributed by atoms with E-state index in [4.69, 9.17) is 4.74 Å². The molecular formula is C17H28N2O2. The summed E-state index contributed by atoms with van der Waals surface area (Å²) >= 11 is 0. The van der Waals surface area contributed by atoms with Gasteiger partial charge in [0, 0.05) is 12.6 Å². The number of carbonyl (C=O) groups excluding carboxylic acids is 1. The van der Waals surface area contributed by atoms with Gasteiger partial charge in [-0.15, -0.1) is 0 Å². The molecule has 1 aromatic rings. The first-order chi connectivity index (χ1) is 10.1. The predicted octanol–water partition coefficient (Wildman–Crippen LogP) is 2.61. The SMILES string of the molecule is CCOC(=O)C(NC(C)CN(CC)CC)c1ccccc1. The maximum Gasteiger partial charge on any atom is 0.327 e. The van der Waals surface area contributed by atoms with Gasteiger partial charge in [-0.25, -0.2) is 4.79 Å². The third-order valence-electron chi connectivity index (χ3n) is 3.53. The molecule has 0 spiro atoms. The molecule has 2 unspecified atom stereocenters. The van der Waals surface area contributed by atoms with E-state index in [1.165, 1.54) is 0 Å². The van der Waals surface area contributed by atoms with Crippen LogP contribution in [-0.4, -0.2) is 43.2 Å². The molecule has 1 rings (SSSR count).